The number of anilines is 1. The molecule has 1 aromatic heterocycles. The second-order valence-corrected chi connectivity index (χ2v) is 4.66. The Hall–Kier alpha value is -1.55. The van der Waals surface area contributed by atoms with Gasteiger partial charge in [0.15, 0.2) is 0 Å². The van der Waals surface area contributed by atoms with Gasteiger partial charge < -0.3 is 10.5 Å². The van der Waals surface area contributed by atoms with Crippen LogP contribution in [0, 0.1) is 13.8 Å². The minimum absolute atomic E-state index is 0.478. The van der Waals surface area contributed by atoms with Crippen molar-refractivity contribution in [3.05, 3.63) is 39.8 Å². The third-order valence-electron chi connectivity index (χ3n) is 2.19. The standard InChI is InChI=1S/C12H14N2OS/c1-8-3-4-10(13)11(5-8)15-6-12-14-9(2)7-16-12/h3-5,7H,6,13H2,1-2H3. The number of nitrogen functional groups attached to an aromatic ring is 1. The summed E-state index contributed by atoms with van der Waals surface area (Å²) in [6.45, 7) is 4.47. The summed E-state index contributed by atoms with van der Waals surface area (Å²) in [4.78, 5) is 4.33. The molecule has 84 valence electrons. The first kappa shape index (κ1) is 11.0. The zero-order valence-electron chi connectivity index (χ0n) is 9.36. The molecular weight excluding hydrogens is 220 g/mol. The predicted octanol–water partition coefficient (Wildman–Crippen LogP) is 2.92. The van der Waals surface area contributed by atoms with E-state index in [9.17, 15) is 0 Å². The summed E-state index contributed by atoms with van der Waals surface area (Å²) in [5, 5.41) is 2.98. The molecule has 1 aromatic carbocycles. The van der Waals surface area contributed by atoms with Crippen molar-refractivity contribution in [3.63, 3.8) is 0 Å². The molecular formula is C12H14N2OS. The summed E-state index contributed by atoms with van der Waals surface area (Å²) in [6, 6.07) is 5.77. The summed E-state index contributed by atoms with van der Waals surface area (Å²) in [5.74, 6) is 0.729. The van der Waals surface area contributed by atoms with E-state index in [2.05, 4.69) is 4.98 Å². The van der Waals surface area contributed by atoms with E-state index in [4.69, 9.17) is 10.5 Å². The number of nitrogens with two attached hydrogens (primary N) is 1. The van der Waals surface area contributed by atoms with Gasteiger partial charge in [0.05, 0.1) is 5.69 Å². The van der Waals surface area contributed by atoms with Gasteiger partial charge in [-0.05, 0) is 31.5 Å². The SMILES string of the molecule is Cc1ccc(N)c(OCc2nc(C)cs2)c1. The van der Waals surface area contributed by atoms with Crippen molar-refractivity contribution in [2.45, 2.75) is 20.5 Å². The molecule has 2 rings (SSSR count). The molecule has 0 amide bonds. The highest BCUT2D eigenvalue weighted by Crippen LogP contribution is 2.23. The van der Waals surface area contributed by atoms with E-state index in [1.54, 1.807) is 11.3 Å². The molecule has 0 atom stereocenters. The maximum Gasteiger partial charge on any atom is 0.143 e. The zero-order valence-corrected chi connectivity index (χ0v) is 10.2. The molecule has 0 saturated heterocycles. The molecule has 2 aromatic rings. The van der Waals surface area contributed by atoms with E-state index in [1.165, 1.54) is 0 Å². The number of aromatic nitrogens is 1. The van der Waals surface area contributed by atoms with Gasteiger partial charge >= 0.3 is 0 Å². The average molecular weight is 234 g/mol. The monoisotopic (exact) mass is 234 g/mol. The van der Waals surface area contributed by atoms with Crippen molar-refractivity contribution in [3.8, 4) is 5.75 Å². The van der Waals surface area contributed by atoms with Gasteiger partial charge in [-0.1, -0.05) is 6.07 Å². The Morgan fingerprint density at radius 1 is 1.38 bits per heavy atom. The minimum atomic E-state index is 0.478. The summed E-state index contributed by atoms with van der Waals surface area (Å²) in [7, 11) is 0. The lowest BCUT2D eigenvalue weighted by atomic mass is 10.2. The number of hydrogen-bond donors (Lipinski definition) is 1. The number of thiazole rings is 1. The lowest BCUT2D eigenvalue weighted by Gasteiger charge is -2.07. The molecule has 0 radical (unpaired) electrons. The predicted molar refractivity (Wildman–Crippen MR) is 66.8 cm³/mol. The number of ether oxygens (including phenoxy) is 1. The van der Waals surface area contributed by atoms with Crippen LogP contribution in [0.1, 0.15) is 16.3 Å². The summed E-state index contributed by atoms with van der Waals surface area (Å²) in [5.41, 5.74) is 8.65. The van der Waals surface area contributed by atoms with E-state index in [0.717, 1.165) is 22.0 Å². The lowest BCUT2D eigenvalue weighted by Crippen LogP contribution is -1.98. The van der Waals surface area contributed by atoms with Gasteiger partial charge in [-0.25, -0.2) is 4.98 Å². The molecule has 1 heterocycles. The molecule has 0 aliphatic carbocycles. The summed E-state index contributed by atoms with van der Waals surface area (Å²) < 4.78 is 5.64. The molecule has 0 saturated carbocycles. The molecule has 0 fully saturated rings. The number of benzene rings is 1. The fourth-order valence-corrected chi connectivity index (χ4v) is 2.06. The normalized spacial score (nSPS) is 10.4. The fraction of sp³-hybridized carbons (Fsp3) is 0.250. The molecule has 0 spiro atoms. The molecule has 0 bridgehead atoms. The Balaban J connectivity index is 2.07. The van der Waals surface area contributed by atoms with Crippen molar-refractivity contribution < 1.29 is 4.74 Å². The molecule has 2 N–H and O–H groups in total. The smallest absolute Gasteiger partial charge is 0.143 e. The highest BCUT2D eigenvalue weighted by atomic mass is 32.1. The molecule has 3 nitrogen and oxygen atoms in total. The summed E-state index contributed by atoms with van der Waals surface area (Å²) in [6.07, 6.45) is 0. The van der Waals surface area contributed by atoms with Crippen LogP contribution in [0.4, 0.5) is 5.69 Å². The Morgan fingerprint density at radius 3 is 2.88 bits per heavy atom. The quantitative estimate of drug-likeness (QED) is 0.831. The van der Waals surface area contributed by atoms with Crippen LogP contribution < -0.4 is 10.5 Å². The van der Waals surface area contributed by atoms with Gasteiger partial charge in [0.1, 0.15) is 17.4 Å². The van der Waals surface area contributed by atoms with Crippen molar-refractivity contribution in [2.24, 2.45) is 0 Å². The largest absolute Gasteiger partial charge is 0.484 e. The van der Waals surface area contributed by atoms with Crippen LogP contribution in [-0.2, 0) is 6.61 Å². The first-order valence-corrected chi connectivity index (χ1v) is 5.93. The fourth-order valence-electron chi connectivity index (χ4n) is 1.38. The number of rotatable bonds is 3. The van der Waals surface area contributed by atoms with E-state index >= 15 is 0 Å². The Labute approximate surface area is 98.9 Å². The van der Waals surface area contributed by atoms with Crippen molar-refractivity contribution in [2.75, 3.05) is 5.73 Å². The first-order chi connectivity index (χ1) is 7.65. The van der Waals surface area contributed by atoms with Gasteiger partial charge in [-0.2, -0.15) is 0 Å². The molecule has 0 aliphatic heterocycles. The lowest BCUT2D eigenvalue weighted by molar-refractivity contribution is 0.307. The highest BCUT2D eigenvalue weighted by molar-refractivity contribution is 7.09. The molecule has 0 aliphatic rings. The van der Waals surface area contributed by atoms with Crippen LogP contribution in [0.3, 0.4) is 0 Å². The van der Waals surface area contributed by atoms with Gasteiger partial charge in [-0.3, -0.25) is 0 Å². The van der Waals surface area contributed by atoms with Crippen LogP contribution >= 0.6 is 11.3 Å². The molecule has 0 unspecified atom stereocenters. The maximum atomic E-state index is 5.82. The first-order valence-electron chi connectivity index (χ1n) is 5.05. The van der Waals surface area contributed by atoms with E-state index in [0.29, 0.717) is 12.3 Å². The van der Waals surface area contributed by atoms with Gasteiger partial charge in [0, 0.05) is 11.1 Å². The summed E-state index contributed by atoms with van der Waals surface area (Å²) >= 11 is 1.60. The second kappa shape index (κ2) is 4.53. The maximum absolute atomic E-state index is 5.82. The van der Waals surface area contributed by atoms with Gasteiger partial charge in [-0.15, -0.1) is 11.3 Å². The van der Waals surface area contributed by atoms with E-state index < -0.39 is 0 Å². The Bertz CT molecular complexity index is 494. The third kappa shape index (κ3) is 2.52. The zero-order chi connectivity index (χ0) is 11.5. The van der Waals surface area contributed by atoms with Crippen LogP contribution in [0.2, 0.25) is 0 Å². The Kier molecular flexibility index (Phi) is 3.10. The van der Waals surface area contributed by atoms with Crippen molar-refractivity contribution in [1.29, 1.82) is 0 Å². The van der Waals surface area contributed by atoms with E-state index in [1.807, 2.05) is 37.4 Å². The van der Waals surface area contributed by atoms with Gasteiger partial charge in [0.2, 0.25) is 0 Å². The van der Waals surface area contributed by atoms with Crippen LogP contribution in [0.5, 0.6) is 5.75 Å². The molecule has 4 heteroatoms. The number of nitrogens with zero attached hydrogens (tertiary/aromatic N) is 1. The minimum Gasteiger partial charge on any atom is -0.484 e. The highest BCUT2D eigenvalue weighted by Gasteiger charge is 2.03. The topological polar surface area (TPSA) is 48.1 Å². The number of hydrogen-bond acceptors (Lipinski definition) is 4. The van der Waals surface area contributed by atoms with E-state index in [-0.39, 0.29) is 0 Å². The van der Waals surface area contributed by atoms with Crippen LogP contribution in [0.25, 0.3) is 0 Å². The molecule has 16 heavy (non-hydrogen) atoms. The van der Waals surface area contributed by atoms with Gasteiger partial charge in [0.25, 0.3) is 0 Å². The van der Waals surface area contributed by atoms with Crippen molar-refractivity contribution in [1.82, 2.24) is 4.98 Å². The number of aryl methyl sites for hydroxylation is 2. The van der Waals surface area contributed by atoms with Crippen LogP contribution in [0.15, 0.2) is 23.6 Å². The van der Waals surface area contributed by atoms with Crippen LogP contribution in [-0.4, -0.2) is 4.98 Å². The average Bonchev–Trinajstić information content (AvgIpc) is 2.66. The Morgan fingerprint density at radius 2 is 2.19 bits per heavy atom. The van der Waals surface area contributed by atoms with Crippen molar-refractivity contribution >= 4 is 17.0 Å². The second-order valence-electron chi connectivity index (χ2n) is 3.71. The third-order valence-corrected chi connectivity index (χ3v) is 3.13.